The number of hydrogen-bond donors (Lipinski definition) is 0. The summed E-state index contributed by atoms with van der Waals surface area (Å²) in [7, 11) is 0. The van der Waals surface area contributed by atoms with Crippen LogP contribution in [-0.4, -0.2) is 6.88 Å². The molecule has 2 radical (unpaired) electrons. The molecular weight excluding hydrogens is 372 g/mol. The Kier molecular flexibility index (Phi) is 8.16. The molecule has 0 saturated carbocycles. The molecule has 2 aliphatic rings. The van der Waals surface area contributed by atoms with Gasteiger partial charge in [-0.2, -0.15) is 0 Å². The van der Waals surface area contributed by atoms with E-state index in [9.17, 15) is 0 Å². The van der Waals surface area contributed by atoms with Crippen molar-refractivity contribution in [3.05, 3.63) is 104 Å². The van der Waals surface area contributed by atoms with Gasteiger partial charge < -0.3 is 21.3 Å². The Morgan fingerprint density at radius 1 is 0.696 bits per heavy atom. The molecule has 2 aromatic carbocycles. The van der Waals surface area contributed by atoms with Crippen LogP contribution in [0.1, 0.15) is 34.1 Å². The van der Waals surface area contributed by atoms with Crippen molar-refractivity contribution in [2.24, 2.45) is 0 Å². The molecule has 0 bridgehead atoms. The van der Waals surface area contributed by atoms with Gasteiger partial charge in [0.2, 0.25) is 0 Å². The van der Waals surface area contributed by atoms with Crippen molar-refractivity contribution in [1.82, 2.24) is 0 Å². The van der Waals surface area contributed by atoms with E-state index < -0.39 is 0 Å². The number of rotatable bonds is 2. The second kappa shape index (κ2) is 9.35. The Morgan fingerprint density at radius 2 is 1.09 bits per heavy atom. The first-order valence-corrected chi connectivity index (χ1v) is 11.2. The normalized spacial score (nSPS) is 18.7. The molecule has 0 amide bonds. The van der Waals surface area contributed by atoms with Crippen molar-refractivity contribution >= 4 is 19.0 Å². The monoisotopic (exact) mass is 391 g/mol. The van der Waals surface area contributed by atoms with Gasteiger partial charge in [-0.25, -0.2) is 0 Å². The molecule has 0 fully saturated rings. The molecular formula is C21H21SiZr-3. The molecule has 2 heteroatoms. The molecule has 0 aliphatic heterocycles. The van der Waals surface area contributed by atoms with E-state index in [1.54, 1.807) is 0 Å². The van der Waals surface area contributed by atoms with Crippen LogP contribution in [0, 0.1) is 21.3 Å². The van der Waals surface area contributed by atoms with Crippen LogP contribution in [0.15, 0.2) is 60.7 Å². The summed E-state index contributed by atoms with van der Waals surface area (Å²) in [5.74, 6) is 0.883. The zero-order valence-corrected chi connectivity index (χ0v) is 17.1. The maximum absolute atomic E-state index is 3.06. The van der Waals surface area contributed by atoms with Crippen LogP contribution in [0.3, 0.4) is 0 Å². The molecule has 0 aromatic heterocycles. The van der Waals surface area contributed by atoms with Crippen molar-refractivity contribution in [2.75, 3.05) is 0 Å². The molecule has 0 spiro atoms. The van der Waals surface area contributed by atoms with Crippen molar-refractivity contribution in [1.29, 1.82) is 0 Å². The molecule has 2 atom stereocenters. The molecule has 0 heterocycles. The fourth-order valence-corrected chi connectivity index (χ4v) is 3.11. The Balaban J connectivity index is 0.000000638. The zero-order chi connectivity index (χ0) is 14.7. The Hall–Kier alpha value is -0.980. The molecule has 116 valence electrons. The summed E-state index contributed by atoms with van der Waals surface area (Å²) in [4.78, 5) is 0. The van der Waals surface area contributed by atoms with E-state index in [-0.39, 0.29) is 14.9 Å². The van der Waals surface area contributed by atoms with Gasteiger partial charge >= 0.3 is 30.2 Å². The van der Waals surface area contributed by atoms with Crippen molar-refractivity contribution in [2.45, 2.75) is 11.8 Å². The van der Waals surface area contributed by atoms with Crippen LogP contribution < -0.4 is 0 Å². The Labute approximate surface area is 157 Å². The van der Waals surface area contributed by atoms with Crippen LogP contribution in [-0.2, 0) is 23.3 Å². The minimum absolute atomic E-state index is 0. The molecule has 0 N–H and O–H groups in total. The van der Waals surface area contributed by atoms with E-state index in [1.165, 1.54) is 45.6 Å². The maximum atomic E-state index is 3.06. The van der Waals surface area contributed by atoms with Gasteiger partial charge in [-0.3, -0.25) is 0 Å². The van der Waals surface area contributed by atoms with E-state index in [0.717, 1.165) is 0 Å². The van der Waals surface area contributed by atoms with Gasteiger partial charge in [-0.1, -0.05) is 71.8 Å². The first-order valence-electron chi connectivity index (χ1n) is 7.06. The van der Waals surface area contributed by atoms with E-state index >= 15 is 0 Å². The Bertz CT molecular complexity index is 643. The van der Waals surface area contributed by atoms with Gasteiger partial charge in [0.05, 0.1) is 0 Å². The predicted octanol–water partition coefficient (Wildman–Crippen LogP) is 5.33. The van der Waals surface area contributed by atoms with Crippen LogP contribution in [0.2, 0.25) is 0 Å². The van der Waals surface area contributed by atoms with Gasteiger partial charge in [0.1, 0.15) is 0 Å². The summed E-state index contributed by atoms with van der Waals surface area (Å²) in [6, 6.07) is 17.3. The summed E-state index contributed by atoms with van der Waals surface area (Å²) in [6.07, 6.45) is 11.5. The van der Waals surface area contributed by atoms with Crippen molar-refractivity contribution in [3.8, 4) is 0 Å². The number of fused-ring (bicyclic) bond motifs is 2. The van der Waals surface area contributed by atoms with E-state index in [4.69, 9.17) is 0 Å². The fraction of sp³-hybridized carbons (Fsp3) is 0.0952. The van der Waals surface area contributed by atoms with Crippen LogP contribution >= 0.6 is 0 Å². The van der Waals surface area contributed by atoms with E-state index in [2.05, 4.69) is 86.1 Å². The summed E-state index contributed by atoms with van der Waals surface area (Å²) >= 11 is 1.36. The third kappa shape index (κ3) is 4.11. The Morgan fingerprint density at radius 3 is 1.52 bits per heavy atom. The van der Waals surface area contributed by atoms with Crippen molar-refractivity contribution < 1.29 is 23.3 Å². The zero-order valence-electron chi connectivity index (χ0n) is 13.7. The second-order valence-corrected chi connectivity index (χ2v) is 5.22. The second-order valence-electron chi connectivity index (χ2n) is 5.22. The molecule has 4 rings (SSSR count). The number of benzene rings is 2. The van der Waals surface area contributed by atoms with E-state index in [1.807, 2.05) is 0 Å². The first-order chi connectivity index (χ1) is 10.4. The molecule has 0 saturated heterocycles. The van der Waals surface area contributed by atoms with E-state index in [0.29, 0.717) is 11.8 Å². The number of hydrogen-bond acceptors (Lipinski definition) is 0. The minimum atomic E-state index is 0. The third-order valence-corrected chi connectivity index (χ3v) is 4.09. The van der Waals surface area contributed by atoms with Crippen molar-refractivity contribution in [3.63, 3.8) is 0 Å². The molecule has 23 heavy (non-hydrogen) atoms. The fourth-order valence-electron chi connectivity index (χ4n) is 3.11. The summed E-state index contributed by atoms with van der Waals surface area (Å²) in [6.45, 7) is 3.06. The number of allylic oxidation sites excluding steroid dienone is 2. The first kappa shape index (κ1) is 20.1. The quantitative estimate of drug-likeness (QED) is 0.479. The standard InChI is InChI=1S/C19H15.2CH3.Si.Zr/c1-3-7-18-14(5-1)9-11-16(18)13-17-12-10-15-6-2-4-8-19(15)17;;;;/h1-13,16-17H;2*1H3;;/q3*-1;;. The SMILES string of the molecule is C1=CC([CH-]C2C=Cc3ccccc32)c2ccccc21.[CH3-].[CH3-].[Si]=[Zr]. The molecule has 2 unspecified atom stereocenters. The average Bonchev–Trinajstić information content (AvgIpc) is 3.15. The third-order valence-electron chi connectivity index (χ3n) is 4.09. The van der Waals surface area contributed by atoms with Gasteiger partial charge in [0.15, 0.2) is 0 Å². The van der Waals surface area contributed by atoms with Crippen LogP contribution in [0.25, 0.3) is 12.2 Å². The topological polar surface area (TPSA) is 0 Å². The van der Waals surface area contributed by atoms with Crippen LogP contribution in [0.5, 0.6) is 0 Å². The average molecular weight is 393 g/mol. The molecule has 2 aliphatic carbocycles. The van der Waals surface area contributed by atoms with Gasteiger partial charge in [0.25, 0.3) is 0 Å². The summed E-state index contributed by atoms with van der Waals surface area (Å²) < 4.78 is 0. The van der Waals surface area contributed by atoms with Gasteiger partial charge in [-0.05, 0) is 11.1 Å². The van der Waals surface area contributed by atoms with Crippen LogP contribution in [0.4, 0.5) is 0 Å². The molecule has 0 nitrogen and oxygen atoms in total. The predicted molar refractivity (Wildman–Crippen MR) is 99.3 cm³/mol. The van der Waals surface area contributed by atoms with Gasteiger partial charge in [-0.15, -0.1) is 24.0 Å². The summed E-state index contributed by atoms with van der Waals surface area (Å²) in [5.41, 5.74) is 5.58. The van der Waals surface area contributed by atoms with Gasteiger partial charge in [0, 0.05) is 0 Å². The summed E-state index contributed by atoms with van der Waals surface area (Å²) in [5, 5.41) is 0. The molecule has 2 aromatic rings.